The lowest BCUT2D eigenvalue weighted by Crippen LogP contribution is -2.40. The molecule has 8 heteroatoms. The van der Waals surface area contributed by atoms with Crippen LogP contribution in [0.25, 0.3) is 11.5 Å². The Morgan fingerprint density at radius 3 is 2.46 bits per heavy atom. The zero-order chi connectivity index (χ0) is 24.2. The van der Waals surface area contributed by atoms with Crippen LogP contribution in [-0.2, 0) is 12.8 Å². The van der Waals surface area contributed by atoms with Gasteiger partial charge in [-0.25, -0.2) is 29.3 Å². The predicted molar refractivity (Wildman–Crippen MR) is 133 cm³/mol. The summed E-state index contributed by atoms with van der Waals surface area (Å²) in [7, 11) is 0. The Bertz CT molecular complexity index is 1320. The normalized spacial score (nSPS) is 14.3. The number of rotatable bonds is 6. The summed E-state index contributed by atoms with van der Waals surface area (Å²) in [4.78, 5) is 24.7. The maximum Gasteiger partial charge on any atom is 0.178 e. The second-order valence-corrected chi connectivity index (χ2v) is 8.96. The second-order valence-electron chi connectivity index (χ2n) is 8.96. The van der Waals surface area contributed by atoms with Crippen molar-refractivity contribution < 1.29 is 4.39 Å². The maximum absolute atomic E-state index is 14.9. The minimum absolute atomic E-state index is 0.214. The molecule has 35 heavy (non-hydrogen) atoms. The van der Waals surface area contributed by atoms with Crippen molar-refractivity contribution in [3.05, 3.63) is 95.2 Å². The second kappa shape index (κ2) is 10.2. The fourth-order valence-corrected chi connectivity index (χ4v) is 4.34. The third-order valence-corrected chi connectivity index (χ3v) is 6.21. The molecule has 0 spiro atoms. The SMILES string of the molecule is Cc1cccc(-c2nccc(Cc3ccnc(Cc4ccc(N5CCC(N)CC5)c(F)c4)n3)n2)n1. The summed E-state index contributed by atoms with van der Waals surface area (Å²) in [5.74, 6) is 1.02. The zero-order valence-electron chi connectivity index (χ0n) is 19.7. The maximum atomic E-state index is 14.9. The average Bonchev–Trinajstić information content (AvgIpc) is 2.85. The highest BCUT2D eigenvalue weighted by Gasteiger charge is 2.19. The van der Waals surface area contributed by atoms with Crippen LogP contribution in [0.1, 0.15) is 41.3 Å². The third-order valence-electron chi connectivity index (χ3n) is 6.21. The van der Waals surface area contributed by atoms with Gasteiger partial charge in [0.25, 0.3) is 0 Å². The summed E-state index contributed by atoms with van der Waals surface area (Å²) < 4.78 is 14.9. The van der Waals surface area contributed by atoms with Crippen molar-refractivity contribution in [1.29, 1.82) is 0 Å². The lowest BCUT2D eigenvalue weighted by Gasteiger charge is -2.32. The molecule has 2 N–H and O–H groups in total. The summed E-state index contributed by atoms with van der Waals surface area (Å²) in [6, 6.07) is 15.2. The van der Waals surface area contributed by atoms with Crippen LogP contribution in [-0.4, -0.2) is 44.1 Å². The lowest BCUT2D eigenvalue weighted by molar-refractivity contribution is 0.493. The van der Waals surface area contributed by atoms with E-state index in [0.29, 0.717) is 30.2 Å². The molecular weight excluding hydrogens is 441 g/mol. The Morgan fingerprint density at radius 2 is 1.69 bits per heavy atom. The van der Waals surface area contributed by atoms with E-state index < -0.39 is 0 Å². The number of aromatic nitrogens is 5. The Kier molecular flexibility index (Phi) is 6.72. The molecule has 0 atom stereocenters. The molecule has 0 radical (unpaired) electrons. The van der Waals surface area contributed by atoms with Crippen LogP contribution in [0, 0.1) is 12.7 Å². The van der Waals surface area contributed by atoms with E-state index in [-0.39, 0.29) is 11.9 Å². The standard InChI is InChI=1S/C27H28FN7/c1-18-3-2-4-24(32-18)27-31-12-8-22(34-27)17-21-7-11-30-26(33-21)16-19-5-6-25(23(28)15-19)35-13-9-20(29)10-14-35/h2-8,11-12,15,20H,9-10,13-14,16-17,29H2,1H3. The van der Waals surface area contributed by atoms with E-state index in [0.717, 1.165) is 54.3 Å². The molecule has 0 saturated carbocycles. The van der Waals surface area contributed by atoms with Gasteiger partial charge in [-0.15, -0.1) is 0 Å². The minimum Gasteiger partial charge on any atom is -0.369 e. The van der Waals surface area contributed by atoms with Crippen LogP contribution >= 0.6 is 0 Å². The van der Waals surface area contributed by atoms with Crippen molar-refractivity contribution in [3.63, 3.8) is 0 Å². The summed E-state index contributed by atoms with van der Waals surface area (Å²) in [6.07, 6.45) is 6.25. The fourth-order valence-electron chi connectivity index (χ4n) is 4.34. The summed E-state index contributed by atoms with van der Waals surface area (Å²) >= 11 is 0. The molecular formula is C27H28FN7. The van der Waals surface area contributed by atoms with Crippen LogP contribution in [0.2, 0.25) is 0 Å². The van der Waals surface area contributed by atoms with Gasteiger partial charge >= 0.3 is 0 Å². The molecule has 0 aliphatic carbocycles. The zero-order valence-corrected chi connectivity index (χ0v) is 19.7. The number of piperidine rings is 1. The van der Waals surface area contributed by atoms with E-state index in [1.807, 2.05) is 49.4 Å². The van der Waals surface area contributed by atoms with E-state index >= 15 is 0 Å². The Balaban J connectivity index is 1.28. The molecule has 0 amide bonds. The molecule has 1 aliphatic rings. The van der Waals surface area contributed by atoms with Gasteiger partial charge in [-0.2, -0.15) is 0 Å². The van der Waals surface area contributed by atoms with Crippen molar-refractivity contribution in [1.82, 2.24) is 24.9 Å². The van der Waals surface area contributed by atoms with Crippen LogP contribution in [0.3, 0.4) is 0 Å². The summed E-state index contributed by atoms with van der Waals surface area (Å²) in [5, 5.41) is 0. The molecule has 0 bridgehead atoms. The first kappa shape index (κ1) is 23.0. The van der Waals surface area contributed by atoms with Gasteiger partial charge in [-0.05, 0) is 61.7 Å². The van der Waals surface area contributed by atoms with Crippen molar-refractivity contribution in [2.24, 2.45) is 5.73 Å². The number of nitrogens with zero attached hydrogens (tertiary/aromatic N) is 6. The minimum atomic E-state index is -0.215. The summed E-state index contributed by atoms with van der Waals surface area (Å²) in [5.41, 5.74) is 10.8. The molecule has 0 unspecified atom stereocenters. The number of pyridine rings is 1. The molecule has 1 saturated heterocycles. The van der Waals surface area contributed by atoms with Crippen LogP contribution in [0.4, 0.5) is 10.1 Å². The van der Waals surface area contributed by atoms with Gasteiger partial charge in [0.1, 0.15) is 17.3 Å². The van der Waals surface area contributed by atoms with Crippen molar-refractivity contribution in [2.75, 3.05) is 18.0 Å². The van der Waals surface area contributed by atoms with Crippen LogP contribution in [0.15, 0.2) is 60.9 Å². The van der Waals surface area contributed by atoms with E-state index in [4.69, 9.17) is 10.7 Å². The Morgan fingerprint density at radius 1 is 0.914 bits per heavy atom. The highest BCUT2D eigenvalue weighted by Crippen LogP contribution is 2.24. The van der Waals surface area contributed by atoms with Gasteiger partial charge in [0, 0.05) is 50.1 Å². The van der Waals surface area contributed by atoms with Gasteiger partial charge < -0.3 is 10.6 Å². The number of benzene rings is 1. The van der Waals surface area contributed by atoms with E-state index in [1.165, 1.54) is 0 Å². The molecule has 178 valence electrons. The van der Waals surface area contributed by atoms with Gasteiger partial charge in [-0.3, -0.25) is 0 Å². The summed E-state index contributed by atoms with van der Waals surface area (Å²) in [6.45, 7) is 3.51. The molecule has 4 aromatic rings. The van der Waals surface area contributed by atoms with Crippen molar-refractivity contribution in [2.45, 2.75) is 38.6 Å². The van der Waals surface area contributed by atoms with Gasteiger partial charge in [0.15, 0.2) is 5.82 Å². The number of hydrogen-bond acceptors (Lipinski definition) is 7. The molecule has 1 aliphatic heterocycles. The first-order valence-electron chi connectivity index (χ1n) is 11.9. The number of hydrogen-bond donors (Lipinski definition) is 1. The van der Waals surface area contributed by atoms with E-state index in [9.17, 15) is 4.39 Å². The van der Waals surface area contributed by atoms with Crippen LogP contribution < -0.4 is 10.6 Å². The number of anilines is 1. The first-order chi connectivity index (χ1) is 17.0. The van der Waals surface area contributed by atoms with E-state index in [1.54, 1.807) is 18.5 Å². The number of aryl methyl sites for hydroxylation is 1. The highest BCUT2D eigenvalue weighted by atomic mass is 19.1. The molecule has 5 rings (SSSR count). The Labute approximate surface area is 204 Å². The quantitative estimate of drug-likeness (QED) is 0.458. The van der Waals surface area contributed by atoms with Gasteiger partial charge in [0.05, 0.1) is 17.1 Å². The Hall–Kier alpha value is -3.78. The van der Waals surface area contributed by atoms with Crippen LogP contribution in [0.5, 0.6) is 0 Å². The molecule has 7 nitrogen and oxygen atoms in total. The lowest BCUT2D eigenvalue weighted by atomic mass is 10.0. The smallest absolute Gasteiger partial charge is 0.178 e. The molecule has 3 aromatic heterocycles. The molecule has 1 aromatic carbocycles. The first-order valence-corrected chi connectivity index (χ1v) is 11.9. The topological polar surface area (TPSA) is 93.7 Å². The predicted octanol–water partition coefficient (Wildman–Crippen LogP) is 3.89. The third kappa shape index (κ3) is 5.66. The molecule has 4 heterocycles. The van der Waals surface area contributed by atoms with Crippen molar-refractivity contribution >= 4 is 5.69 Å². The average molecular weight is 470 g/mol. The van der Waals surface area contributed by atoms with Crippen molar-refractivity contribution in [3.8, 4) is 11.5 Å². The number of halogens is 1. The highest BCUT2D eigenvalue weighted by molar-refractivity contribution is 5.50. The molecule has 1 fully saturated rings. The fraction of sp³-hybridized carbons (Fsp3) is 0.296. The van der Waals surface area contributed by atoms with E-state index in [2.05, 4.69) is 24.8 Å². The van der Waals surface area contributed by atoms with Gasteiger partial charge in [-0.1, -0.05) is 12.1 Å². The van der Waals surface area contributed by atoms with Gasteiger partial charge in [0.2, 0.25) is 0 Å². The largest absolute Gasteiger partial charge is 0.369 e. The monoisotopic (exact) mass is 469 g/mol. The number of nitrogens with two attached hydrogens (primary N) is 1.